The fourth-order valence-corrected chi connectivity index (χ4v) is 11.5. The van der Waals surface area contributed by atoms with Crippen LogP contribution in [0.4, 0.5) is 0 Å². The second-order valence-electron chi connectivity index (χ2n) is 14.0. The van der Waals surface area contributed by atoms with Gasteiger partial charge in [-0.05, 0) is 62.0 Å². The zero-order valence-electron chi connectivity index (χ0n) is 28.8. The van der Waals surface area contributed by atoms with E-state index in [-0.39, 0.29) is 0 Å². The zero-order valence-corrected chi connectivity index (χ0v) is 29.8. The molecule has 9 aromatic rings. The summed E-state index contributed by atoms with van der Waals surface area (Å²) < 4.78 is 6.51. The molecular weight excluding hydrogens is 651 g/mol. The lowest BCUT2D eigenvalue weighted by molar-refractivity contribution is 0.669. The van der Waals surface area contributed by atoms with Gasteiger partial charge in [0.15, 0.2) is 17.5 Å². The average Bonchev–Trinajstić information content (AvgIpc) is 3.70. The van der Waals surface area contributed by atoms with Crippen LogP contribution in [0.3, 0.4) is 0 Å². The molecule has 0 saturated heterocycles. The molecule has 0 radical (unpaired) electrons. The van der Waals surface area contributed by atoms with Gasteiger partial charge in [0.25, 0.3) is 0 Å². The van der Waals surface area contributed by atoms with E-state index in [4.69, 9.17) is 19.4 Å². The highest BCUT2D eigenvalue weighted by Crippen LogP contribution is 2.39. The third-order valence-corrected chi connectivity index (χ3v) is 14.1. The molecule has 5 heteroatoms. The van der Waals surface area contributed by atoms with Crippen molar-refractivity contribution >= 4 is 40.4 Å². The van der Waals surface area contributed by atoms with E-state index >= 15 is 0 Å². The van der Waals surface area contributed by atoms with Gasteiger partial charge in [-0.25, -0.2) is 15.0 Å². The lowest BCUT2D eigenvalue weighted by atomic mass is 9.99. The van der Waals surface area contributed by atoms with E-state index < -0.39 is 8.07 Å². The predicted octanol–water partition coefficient (Wildman–Crippen LogP) is 10.9. The van der Waals surface area contributed by atoms with Gasteiger partial charge >= 0.3 is 0 Å². The largest absolute Gasteiger partial charge is 0.456 e. The fourth-order valence-electron chi connectivity index (χ4n) is 8.04. The Morgan fingerprint density at radius 1 is 0.404 bits per heavy atom. The number of nitrogens with zero attached hydrogens (tertiary/aromatic N) is 3. The number of aromatic nitrogens is 3. The van der Waals surface area contributed by atoms with Gasteiger partial charge in [-0.1, -0.05) is 159 Å². The lowest BCUT2D eigenvalue weighted by Crippen LogP contribution is -2.50. The molecule has 0 unspecified atom stereocenters. The van der Waals surface area contributed by atoms with Gasteiger partial charge < -0.3 is 4.42 Å². The molecule has 3 heterocycles. The Bertz CT molecular complexity index is 2810. The van der Waals surface area contributed by atoms with Crippen molar-refractivity contribution in [3.63, 3.8) is 0 Å². The van der Waals surface area contributed by atoms with Crippen LogP contribution in [0.25, 0.3) is 89.5 Å². The van der Waals surface area contributed by atoms with Crippen LogP contribution in [0, 0.1) is 0 Å². The smallest absolute Gasteiger partial charge is 0.164 e. The summed E-state index contributed by atoms with van der Waals surface area (Å²) in [4.78, 5) is 15.5. The van der Waals surface area contributed by atoms with Gasteiger partial charge in [-0.3, -0.25) is 0 Å². The summed E-state index contributed by atoms with van der Waals surface area (Å²) in [6.07, 6.45) is 0. The summed E-state index contributed by atoms with van der Waals surface area (Å²) >= 11 is 0. The average molecular weight is 684 g/mol. The molecule has 2 aromatic heterocycles. The summed E-state index contributed by atoms with van der Waals surface area (Å²) in [5.74, 6) is 1.96. The van der Waals surface area contributed by atoms with Crippen molar-refractivity contribution in [3.05, 3.63) is 164 Å². The first-order chi connectivity index (χ1) is 25.5. The van der Waals surface area contributed by atoms with E-state index in [1.807, 2.05) is 30.3 Å². The van der Waals surface area contributed by atoms with Crippen molar-refractivity contribution in [2.75, 3.05) is 0 Å². The SMILES string of the molecule is C[Si]1(C)c2cc(-c3ccccc3)ccc2-c2cccc(-c3nc(-c4ccccc4)nc(-c4ccc5c(c4)oc4cccc(-c6ccccc6)c45)n3)c21. The first-order valence-corrected chi connectivity index (χ1v) is 20.7. The van der Waals surface area contributed by atoms with Crippen LogP contribution in [0.15, 0.2) is 168 Å². The second-order valence-corrected chi connectivity index (χ2v) is 18.3. The Morgan fingerprint density at radius 2 is 1.00 bits per heavy atom. The van der Waals surface area contributed by atoms with Crippen molar-refractivity contribution in [2.45, 2.75) is 13.1 Å². The number of hydrogen-bond acceptors (Lipinski definition) is 4. The zero-order chi connectivity index (χ0) is 34.8. The molecule has 0 atom stereocenters. The van der Waals surface area contributed by atoms with Crippen LogP contribution in [0.1, 0.15) is 0 Å². The normalized spacial score (nSPS) is 13.0. The van der Waals surface area contributed by atoms with Crippen molar-refractivity contribution < 1.29 is 4.42 Å². The van der Waals surface area contributed by atoms with E-state index in [1.165, 1.54) is 32.6 Å². The molecular formula is C47H33N3OSi. The summed E-state index contributed by atoms with van der Waals surface area (Å²) in [7, 11) is -2.17. The first-order valence-electron chi connectivity index (χ1n) is 17.7. The monoisotopic (exact) mass is 683 g/mol. The molecule has 0 bridgehead atoms. The molecule has 0 spiro atoms. The van der Waals surface area contributed by atoms with E-state index in [2.05, 4.69) is 147 Å². The molecule has 0 N–H and O–H groups in total. The van der Waals surface area contributed by atoms with Gasteiger partial charge in [-0.15, -0.1) is 0 Å². The lowest BCUT2D eigenvalue weighted by Gasteiger charge is -2.22. The minimum absolute atomic E-state index is 0.619. The number of rotatable bonds is 5. The highest BCUT2D eigenvalue weighted by molar-refractivity contribution is 7.04. The van der Waals surface area contributed by atoms with E-state index in [0.29, 0.717) is 17.5 Å². The molecule has 0 aliphatic carbocycles. The van der Waals surface area contributed by atoms with Crippen molar-refractivity contribution in [2.24, 2.45) is 0 Å². The Hall–Kier alpha value is -6.43. The standard InChI is InChI=1S/C47H33N3OSi/c1-52(2)42-29-33(30-14-6-3-7-15-30)24-26-36(42)37-21-12-22-39(44(37)52)47-49-45(32-18-10-5-11-19-32)48-46(50-47)34-25-27-38-41(28-34)51-40-23-13-20-35(43(38)40)31-16-8-4-9-17-31/h3-29H,1-2H3. The Morgan fingerprint density at radius 3 is 1.75 bits per heavy atom. The van der Waals surface area contributed by atoms with Gasteiger partial charge in [0.05, 0.1) is 0 Å². The second kappa shape index (κ2) is 11.8. The summed E-state index contributed by atoms with van der Waals surface area (Å²) in [6, 6.07) is 57.5. The maximum Gasteiger partial charge on any atom is 0.164 e. The van der Waals surface area contributed by atoms with E-state index in [9.17, 15) is 0 Å². The third-order valence-electron chi connectivity index (χ3n) is 10.5. The Kier molecular flexibility index (Phi) is 6.91. The highest BCUT2D eigenvalue weighted by Gasteiger charge is 2.40. The van der Waals surface area contributed by atoms with Crippen LogP contribution in [-0.4, -0.2) is 23.0 Å². The molecule has 246 valence electrons. The summed E-state index contributed by atoms with van der Waals surface area (Å²) in [5.41, 5.74) is 12.0. The van der Waals surface area contributed by atoms with Crippen LogP contribution < -0.4 is 10.4 Å². The van der Waals surface area contributed by atoms with Crippen molar-refractivity contribution in [3.8, 4) is 67.5 Å². The van der Waals surface area contributed by atoms with E-state index in [0.717, 1.165) is 49.8 Å². The van der Waals surface area contributed by atoms with Gasteiger partial charge in [0, 0.05) is 27.5 Å². The van der Waals surface area contributed by atoms with Crippen LogP contribution >= 0.6 is 0 Å². The number of hydrogen-bond donors (Lipinski definition) is 0. The predicted molar refractivity (Wildman–Crippen MR) is 216 cm³/mol. The maximum atomic E-state index is 6.51. The van der Waals surface area contributed by atoms with Crippen LogP contribution in [0.2, 0.25) is 13.1 Å². The number of fused-ring (bicyclic) bond motifs is 6. The molecule has 1 aliphatic rings. The fraction of sp³-hybridized carbons (Fsp3) is 0.0426. The summed E-state index contributed by atoms with van der Waals surface area (Å²) in [6.45, 7) is 4.91. The minimum atomic E-state index is -2.17. The maximum absolute atomic E-state index is 6.51. The molecule has 7 aromatic carbocycles. The number of furan rings is 1. The molecule has 0 fully saturated rings. The quantitative estimate of drug-likeness (QED) is 0.169. The molecule has 0 amide bonds. The van der Waals surface area contributed by atoms with Crippen molar-refractivity contribution in [1.29, 1.82) is 0 Å². The topological polar surface area (TPSA) is 51.8 Å². The van der Waals surface area contributed by atoms with E-state index in [1.54, 1.807) is 0 Å². The first kappa shape index (κ1) is 30.4. The van der Waals surface area contributed by atoms with Gasteiger partial charge in [0.2, 0.25) is 0 Å². The van der Waals surface area contributed by atoms with Crippen molar-refractivity contribution in [1.82, 2.24) is 15.0 Å². The molecule has 1 aliphatic heterocycles. The molecule has 10 rings (SSSR count). The van der Waals surface area contributed by atoms with Gasteiger partial charge in [0.1, 0.15) is 19.2 Å². The summed E-state index contributed by atoms with van der Waals surface area (Å²) in [5, 5.41) is 4.99. The van der Waals surface area contributed by atoms with Crippen LogP contribution in [0.5, 0.6) is 0 Å². The minimum Gasteiger partial charge on any atom is -0.456 e. The Balaban J connectivity index is 1.14. The molecule has 0 saturated carbocycles. The van der Waals surface area contributed by atoms with Crippen LogP contribution in [-0.2, 0) is 0 Å². The highest BCUT2D eigenvalue weighted by atomic mass is 28.3. The number of benzene rings is 7. The Labute approximate surface area is 303 Å². The van der Waals surface area contributed by atoms with Gasteiger partial charge in [-0.2, -0.15) is 0 Å². The third kappa shape index (κ3) is 4.85. The molecule has 4 nitrogen and oxygen atoms in total. The molecule has 52 heavy (non-hydrogen) atoms.